The van der Waals surface area contributed by atoms with E-state index in [0.29, 0.717) is 18.5 Å². The molecule has 2 atom stereocenters. The van der Waals surface area contributed by atoms with Gasteiger partial charge in [-0.1, -0.05) is 43.7 Å². The van der Waals surface area contributed by atoms with E-state index in [4.69, 9.17) is 0 Å². The molecular weight excluding hydrogens is 360 g/mol. The quantitative estimate of drug-likeness (QED) is 0.731. The van der Waals surface area contributed by atoms with E-state index >= 15 is 0 Å². The summed E-state index contributed by atoms with van der Waals surface area (Å²) >= 11 is 0. The lowest BCUT2D eigenvalue weighted by molar-refractivity contribution is -0.162. The van der Waals surface area contributed by atoms with E-state index < -0.39 is 29.0 Å². The first-order chi connectivity index (χ1) is 13.4. The second kappa shape index (κ2) is 7.98. The van der Waals surface area contributed by atoms with E-state index in [-0.39, 0.29) is 25.1 Å². The largest absolute Gasteiger partial charge is 0.481 e. The molecule has 1 aromatic heterocycles. The van der Waals surface area contributed by atoms with Crippen LogP contribution >= 0.6 is 0 Å². The molecule has 1 aliphatic rings. The Morgan fingerprint density at radius 3 is 2.50 bits per heavy atom. The first kappa shape index (κ1) is 19.8. The Bertz CT molecular complexity index is 924. The topological polar surface area (TPSA) is 111 Å². The van der Waals surface area contributed by atoms with Gasteiger partial charge in [0.15, 0.2) is 0 Å². The number of carbonyl (C=O) groups excluding carboxylic acids is 1. The number of carboxylic acids is 1. The van der Waals surface area contributed by atoms with Gasteiger partial charge in [-0.15, -0.1) is 0 Å². The molecule has 1 amide bonds. The molecule has 1 aromatic carbocycles. The highest BCUT2D eigenvalue weighted by atomic mass is 16.4. The highest BCUT2D eigenvalue weighted by Gasteiger charge is 2.48. The zero-order chi connectivity index (χ0) is 20.3. The highest BCUT2D eigenvalue weighted by molar-refractivity contribution is 5.94. The average molecular weight is 384 g/mol. The van der Waals surface area contributed by atoms with E-state index in [2.05, 4.69) is 4.98 Å². The maximum atomic E-state index is 12.8. The fourth-order valence-corrected chi connectivity index (χ4v) is 3.85. The Hall–Kier alpha value is -2.93. The summed E-state index contributed by atoms with van der Waals surface area (Å²) in [6.07, 6.45) is -0.0517. The van der Waals surface area contributed by atoms with Gasteiger partial charge in [0, 0.05) is 18.8 Å². The van der Waals surface area contributed by atoms with Crippen molar-refractivity contribution >= 4 is 11.9 Å². The van der Waals surface area contributed by atoms with Gasteiger partial charge < -0.3 is 20.1 Å². The lowest BCUT2D eigenvalue weighted by Crippen LogP contribution is -2.56. The van der Waals surface area contributed by atoms with Gasteiger partial charge in [0.1, 0.15) is 5.56 Å². The summed E-state index contributed by atoms with van der Waals surface area (Å²) in [5, 5.41) is 20.1. The number of aliphatic hydroxyl groups is 1. The first-order valence-electron chi connectivity index (χ1n) is 9.38. The molecule has 1 saturated heterocycles. The van der Waals surface area contributed by atoms with E-state index in [1.54, 1.807) is 6.07 Å². The second-order valence-corrected chi connectivity index (χ2v) is 7.21. The molecule has 0 radical (unpaired) electrons. The summed E-state index contributed by atoms with van der Waals surface area (Å²) < 4.78 is 0. The van der Waals surface area contributed by atoms with E-state index in [1.165, 1.54) is 11.0 Å². The lowest BCUT2D eigenvalue weighted by atomic mass is 9.72. The standard InChI is InChI=1S/C21H24N2O5/c1-2-10-21(20(27)28)11-12-23(13-17(21)24)19(26)15-8-9-16(22-18(15)25)14-6-4-3-5-7-14/h3-9,17,24H,2,10-13H2,1H3,(H,22,25)(H,27,28)/t17-,21+/m1/s1. The number of β-amino-alcohol motifs (C(OH)–C–C–N with tert-alkyl or cyclic N) is 1. The number of carbonyl (C=O) groups is 2. The molecule has 1 fully saturated rings. The van der Waals surface area contributed by atoms with Crippen molar-refractivity contribution in [2.24, 2.45) is 5.41 Å². The number of benzene rings is 1. The molecule has 0 bridgehead atoms. The van der Waals surface area contributed by atoms with Gasteiger partial charge >= 0.3 is 5.97 Å². The van der Waals surface area contributed by atoms with Gasteiger partial charge in [0.2, 0.25) is 0 Å². The highest BCUT2D eigenvalue weighted by Crippen LogP contribution is 2.37. The zero-order valence-electron chi connectivity index (χ0n) is 15.7. The molecule has 1 aliphatic heterocycles. The average Bonchev–Trinajstić information content (AvgIpc) is 2.69. The fraction of sp³-hybridized carbons (Fsp3) is 0.381. The molecule has 28 heavy (non-hydrogen) atoms. The molecule has 0 spiro atoms. The number of nitrogens with zero attached hydrogens (tertiary/aromatic N) is 1. The molecule has 7 nitrogen and oxygen atoms in total. The van der Waals surface area contributed by atoms with Crippen LogP contribution in [0.2, 0.25) is 0 Å². The second-order valence-electron chi connectivity index (χ2n) is 7.21. The first-order valence-corrected chi connectivity index (χ1v) is 9.38. The molecule has 7 heteroatoms. The monoisotopic (exact) mass is 384 g/mol. The molecular formula is C21H24N2O5. The van der Waals surface area contributed by atoms with Crippen LogP contribution in [0.15, 0.2) is 47.3 Å². The van der Waals surface area contributed by atoms with Crippen LogP contribution in [0.1, 0.15) is 36.5 Å². The van der Waals surface area contributed by atoms with Crippen molar-refractivity contribution in [1.29, 1.82) is 0 Å². The smallest absolute Gasteiger partial charge is 0.312 e. The minimum atomic E-state index is -1.24. The van der Waals surface area contributed by atoms with Crippen LogP contribution in [0.4, 0.5) is 0 Å². The summed E-state index contributed by atoms with van der Waals surface area (Å²) in [4.78, 5) is 41.1. The van der Waals surface area contributed by atoms with E-state index in [0.717, 1.165) is 5.56 Å². The summed E-state index contributed by atoms with van der Waals surface area (Å²) in [5.74, 6) is -1.55. The van der Waals surface area contributed by atoms with Gasteiger partial charge in [-0.25, -0.2) is 0 Å². The van der Waals surface area contributed by atoms with Gasteiger partial charge in [0.05, 0.1) is 11.5 Å². The van der Waals surface area contributed by atoms with Crippen molar-refractivity contribution < 1.29 is 19.8 Å². The molecule has 0 unspecified atom stereocenters. The van der Waals surface area contributed by atoms with E-state index in [1.807, 2.05) is 37.3 Å². The van der Waals surface area contributed by atoms with Crippen molar-refractivity contribution in [3.8, 4) is 11.3 Å². The predicted molar refractivity (Wildman–Crippen MR) is 104 cm³/mol. The van der Waals surface area contributed by atoms with Gasteiger partial charge in [-0.05, 0) is 30.5 Å². The fourth-order valence-electron chi connectivity index (χ4n) is 3.85. The van der Waals surface area contributed by atoms with Crippen LogP contribution in [0.3, 0.4) is 0 Å². The summed E-state index contributed by atoms with van der Waals surface area (Å²) in [5.41, 5.74) is -0.337. The number of hydrogen-bond donors (Lipinski definition) is 3. The number of likely N-dealkylation sites (tertiary alicyclic amines) is 1. The summed E-state index contributed by atoms with van der Waals surface area (Å²) in [6, 6.07) is 12.4. The Morgan fingerprint density at radius 2 is 1.93 bits per heavy atom. The SMILES string of the molecule is CCC[C@]1(C(=O)O)CCN(C(=O)c2ccc(-c3ccccc3)[nH]c2=O)C[C@H]1O. The molecule has 3 rings (SSSR count). The number of aliphatic hydroxyl groups excluding tert-OH is 1. The zero-order valence-corrected chi connectivity index (χ0v) is 15.7. The van der Waals surface area contributed by atoms with Crippen LogP contribution in [0, 0.1) is 5.41 Å². The Kier molecular flexibility index (Phi) is 5.65. The molecule has 3 N–H and O–H groups in total. The Morgan fingerprint density at radius 1 is 1.21 bits per heavy atom. The van der Waals surface area contributed by atoms with Gasteiger partial charge in [-0.2, -0.15) is 0 Å². The normalized spacial score (nSPS) is 22.1. The number of carboxylic acid groups (broad SMARTS) is 1. The van der Waals surface area contributed by atoms with Crippen LogP contribution in [-0.2, 0) is 4.79 Å². The molecule has 0 aliphatic carbocycles. The number of rotatable bonds is 5. The molecule has 148 valence electrons. The van der Waals surface area contributed by atoms with Crippen molar-refractivity contribution in [3.63, 3.8) is 0 Å². The minimum Gasteiger partial charge on any atom is -0.481 e. The van der Waals surface area contributed by atoms with Gasteiger partial charge in [0.25, 0.3) is 11.5 Å². The summed E-state index contributed by atoms with van der Waals surface area (Å²) in [7, 11) is 0. The number of nitrogens with one attached hydrogen (secondary N) is 1. The third kappa shape index (κ3) is 3.57. The molecule has 2 aromatic rings. The van der Waals surface area contributed by atoms with Crippen molar-refractivity contribution in [2.75, 3.05) is 13.1 Å². The van der Waals surface area contributed by atoms with Crippen LogP contribution in [0.5, 0.6) is 0 Å². The minimum absolute atomic E-state index is 0.0230. The number of piperidine rings is 1. The number of pyridine rings is 1. The van der Waals surface area contributed by atoms with Crippen LogP contribution < -0.4 is 5.56 Å². The van der Waals surface area contributed by atoms with Crippen LogP contribution in [0.25, 0.3) is 11.3 Å². The number of aromatic nitrogens is 1. The van der Waals surface area contributed by atoms with Crippen molar-refractivity contribution in [1.82, 2.24) is 9.88 Å². The van der Waals surface area contributed by atoms with Crippen molar-refractivity contribution in [2.45, 2.75) is 32.3 Å². The third-order valence-corrected chi connectivity index (χ3v) is 5.49. The number of H-pyrrole nitrogens is 1. The third-order valence-electron chi connectivity index (χ3n) is 5.49. The molecule has 2 heterocycles. The van der Waals surface area contributed by atoms with Gasteiger partial charge in [-0.3, -0.25) is 14.4 Å². The van der Waals surface area contributed by atoms with Crippen molar-refractivity contribution in [3.05, 3.63) is 58.4 Å². The maximum Gasteiger partial charge on any atom is 0.312 e. The molecule has 0 saturated carbocycles. The predicted octanol–water partition coefficient (Wildman–Crippen LogP) is 2.12. The maximum absolute atomic E-state index is 12.8. The lowest BCUT2D eigenvalue weighted by Gasteiger charge is -2.42. The van der Waals surface area contributed by atoms with E-state index in [9.17, 15) is 24.6 Å². The van der Waals surface area contributed by atoms with Crippen LogP contribution in [-0.4, -0.2) is 51.2 Å². The number of aromatic amines is 1. The summed E-state index contributed by atoms with van der Waals surface area (Å²) in [6.45, 7) is 1.94. The Labute approximate surface area is 162 Å². The number of hydrogen-bond acceptors (Lipinski definition) is 4. The Balaban J connectivity index is 1.80. The number of amides is 1. The number of aliphatic carboxylic acids is 1.